The Bertz CT molecular complexity index is 1380. The second-order valence-corrected chi connectivity index (χ2v) is 10.6. The van der Waals surface area contributed by atoms with Crippen LogP contribution in [0, 0.1) is 12.3 Å². The quantitative estimate of drug-likeness (QED) is 0.534. The molecule has 0 saturated heterocycles. The number of benzene rings is 1. The Labute approximate surface area is 184 Å². The van der Waals surface area contributed by atoms with Crippen molar-refractivity contribution in [1.82, 2.24) is 19.1 Å². The molecule has 0 atom stereocenters. The molecule has 176 valence electrons. The van der Waals surface area contributed by atoms with Crippen molar-refractivity contribution in [2.24, 2.45) is 5.41 Å². The fourth-order valence-electron chi connectivity index (χ4n) is 4.94. The highest BCUT2D eigenvalue weighted by atomic mass is 32.2. The normalized spacial score (nSPS) is 24.7. The number of rotatable bonds is 5. The molecule has 2 heterocycles. The number of halogens is 5. The summed E-state index contributed by atoms with van der Waals surface area (Å²) < 4.78 is 95.4. The molecule has 3 saturated carbocycles. The number of alkyl halides is 5. The van der Waals surface area contributed by atoms with Crippen molar-refractivity contribution in [3.8, 4) is 11.3 Å². The van der Waals surface area contributed by atoms with Gasteiger partial charge in [-0.3, -0.25) is 4.40 Å². The average molecular weight is 487 g/mol. The molecular formula is C20H18F5N5O2S. The number of aromatic nitrogens is 3. The molecule has 7 nitrogen and oxygen atoms in total. The van der Waals surface area contributed by atoms with Crippen LogP contribution >= 0.6 is 0 Å². The van der Waals surface area contributed by atoms with E-state index < -0.39 is 45.1 Å². The highest BCUT2D eigenvalue weighted by Gasteiger charge is 2.73. The molecule has 3 fully saturated rings. The Morgan fingerprint density at radius 1 is 1.21 bits per heavy atom. The molecule has 0 spiro atoms. The van der Waals surface area contributed by atoms with E-state index in [0.717, 1.165) is 10.6 Å². The predicted molar refractivity (Wildman–Crippen MR) is 108 cm³/mol. The lowest BCUT2D eigenvalue weighted by atomic mass is 9.40. The highest BCUT2D eigenvalue weighted by molar-refractivity contribution is 7.89. The van der Waals surface area contributed by atoms with Gasteiger partial charge in [0, 0.05) is 22.7 Å². The summed E-state index contributed by atoms with van der Waals surface area (Å²) in [4.78, 5) is 7.25. The maximum atomic E-state index is 13.2. The van der Waals surface area contributed by atoms with Gasteiger partial charge in [0.15, 0.2) is 17.2 Å². The molecule has 0 unspecified atom stereocenters. The first-order valence-corrected chi connectivity index (χ1v) is 11.4. The van der Waals surface area contributed by atoms with E-state index in [0.29, 0.717) is 11.1 Å². The SMILES string of the molecule is Cc1ccc(S(=O)(=O)NC23CC(C(F)F)(C2)C3)cc1-c1cnc2c(N)nc(C(F)(F)F)cn12. The second kappa shape index (κ2) is 6.63. The van der Waals surface area contributed by atoms with Crippen LogP contribution in [0.4, 0.5) is 27.8 Å². The van der Waals surface area contributed by atoms with Gasteiger partial charge in [-0.05, 0) is 43.9 Å². The zero-order valence-corrected chi connectivity index (χ0v) is 17.9. The third-order valence-corrected chi connectivity index (χ3v) is 8.07. The molecule has 3 aliphatic carbocycles. The smallest absolute Gasteiger partial charge is 0.381 e. The molecule has 0 aliphatic heterocycles. The molecule has 1 aromatic carbocycles. The summed E-state index contributed by atoms with van der Waals surface area (Å²) >= 11 is 0. The Balaban J connectivity index is 1.53. The van der Waals surface area contributed by atoms with Crippen LogP contribution in [0.1, 0.15) is 30.5 Å². The summed E-state index contributed by atoms with van der Waals surface area (Å²) in [6, 6.07) is 4.19. The molecule has 2 aromatic heterocycles. The van der Waals surface area contributed by atoms with Gasteiger partial charge in [-0.2, -0.15) is 13.2 Å². The van der Waals surface area contributed by atoms with Crippen LogP contribution in [0.25, 0.3) is 16.9 Å². The van der Waals surface area contributed by atoms with Gasteiger partial charge in [0.25, 0.3) is 0 Å². The number of aryl methyl sites for hydroxylation is 1. The number of hydrogen-bond acceptors (Lipinski definition) is 5. The highest BCUT2D eigenvalue weighted by Crippen LogP contribution is 2.70. The van der Waals surface area contributed by atoms with Crippen molar-refractivity contribution < 1.29 is 30.4 Å². The van der Waals surface area contributed by atoms with E-state index in [1.165, 1.54) is 24.4 Å². The minimum absolute atomic E-state index is 0.00468. The largest absolute Gasteiger partial charge is 0.434 e. The number of hydrogen-bond donors (Lipinski definition) is 2. The summed E-state index contributed by atoms with van der Waals surface area (Å²) in [5.41, 5.74) is 3.58. The van der Waals surface area contributed by atoms with Crippen LogP contribution < -0.4 is 10.5 Å². The zero-order chi connectivity index (χ0) is 24.0. The number of anilines is 1. The molecular weight excluding hydrogens is 469 g/mol. The van der Waals surface area contributed by atoms with Crippen molar-refractivity contribution >= 4 is 21.5 Å². The van der Waals surface area contributed by atoms with Crippen LogP contribution in [0.15, 0.2) is 35.5 Å². The number of fused-ring (bicyclic) bond motifs is 1. The van der Waals surface area contributed by atoms with Crippen molar-refractivity contribution in [3.05, 3.63) is 41.9 Å². The maximum absolute atomic E-state index is 13.2. The molecule has 3 aromatic rings. The zero-order valence-electron chi connectivity index (χ0n) is 17.1. The van der Waals surface area contributed by atoms with E-state index in [1.54, 1.807) is 6.92 Å². The van der Waals surface area contributed by atoms with E-state index in [2.05, 4.69) is 14.7 Å². The van der Waals surface area contributed by atoms with Crippen LogP contribution in [0.5, 0.6) is 0 Å². The third kappa shape index (κ3) is 3.28. The first-order valence-electron chi connectivity index (χ1n) is 9.89. The first-order chi connectivity index (χ1) is 15.3. The Morgan fingerprint density at radius 3 is 2.48 bits per heavy atom. The van der Waals surface area contributed by atoms with E-state index >= 15 is 0 Å². The number of nitrogen functional groups attached to an aromatic ring is 1. The van der Waals surface area contributed by atoms with E-state index in [4.69, 9.17) is 5.73 Å². The number of nitrogens with two attached hydrogens (primary N) is 1. The van der Waals surface area contributed by atoms with Crippen LogP contribution in [0.3, 0.4) is 0 Å². The fraction of sp³-hybridized carbons (Fsp3) is 0.400. The Morgan fingerprint density at radius 2 is 1.88 bits per heavy atom. The summed E-state index contributed by atoms with van der Waals surface area (Å²) in [5, 5.41) is 0. The molecule has 2 bridgehead atoms. The molecule has 0 amide bonds. The lowest BCUT2D eigenvalue weighted by molar-refractivity contribution is -0.220. The Kier molecular flexibility index (Phi) is 4.42. The van der Waals surface area contributed by atoms with Crippen molar-refractivity contribution in [2.45, 2.75) is 49.2 Å². The first kappa shape index (κ1) is 22.0. The minimum atomic E-state index is -4.74. The van der Waals surface area contributed by atoms with Gasteiger partial charge in [0.2, 0.25) is 16.4 Å². The van der Waals surface area contributed by atoms with Gasteiger partial charge < -0.3 is 5.73 Å². The number of nitrogens with zero attached hydrogens (tertiary/aromatic N) is 3. The second-order valence-electron chi connectivity index (χ2n) is 8.90. The molecule has 13 heteroatoms. The van der Waals surface area contributed by atoms with Gasteiger partial charge in [-0.1, -0.05) is 6.07 Å². The summed E-state index contributed by atoms with van der Waals surface area (Å²) in [7, 11) is -4.06. The average Bonchev–Trinajstić information content (AvgIpc) is 3.07. The van der Waals surface area contributed by atoms with Gasteiger partial charge in [0.05, 0.1) is 16.8 Å². The van der Waals surface area contributed by atoms with Gasteiger partial charge in [-0.25, -0.2) is 31.9 Å². The van der Waals surface area contributed by atoms with Gasteiger partial charge in [-0.15, -0.1) is 0 Å². The van der Waals surface area contributed by atoms with Crippen molar-refractivity contribution in [3.63, 3.8) is 0 Å². The standard InChI is InChI=1S/C20H18F5N5O2S/c1-10-2-3-11(33(31,32)29-19-7-18(8-19,9-19)17(21)22)4-12(10)13-5-27-16-15(26)28-14(6-30(13)16)20(23,24)25/h2-6,17,29H,7-9H2,1H3,(H2,26,28). The van der Waals surface area contributed by atoms with Crippen molar-refractivity contribution in [1.29, 1.82) is 0 Å². The molecule has 33 heavy (non-hydrogen) atoms. The predicted octanol–water partition coefficient (Wildman–Crippen LogP) is 3.77. The van der Waals surface area contributed by atoms with Gasteiger partial charge in [0.1, 0.15) is 0 Å². The third-order valence-electron chi connectivity index (χ3n) is 6.49. The number of nitrogens with one attached hydrogen (secondary N) is 1. The van der Waals surface area contributed by atoms with E-state index in [-0.39, 0.29) is 35.5 Å². The van der Waals surface area contributed by atoms with Gasteiger partial charge >= 0.3 is 6.18 Å². The van der Waals surface area contributed by atoms with Crippen LogP contribution in [0.2, 0.25) is 0 Å². The van der Waals surface area contributed by atoms with Crippen molar-refractivity contribution in [2.75, 3.05) is 5.73 Å². The Hall–Kier alpha value is -2.80. The lowest BCUT2D eigenvalue weighted by Crippen LogP contribution is -2.76. The number of sulfonamides is 1. The van der Waals surface area contributed by atoms with Crippen LogP contribution in [-0.2, 0) is 16.2 Å². The topological polar surface area (TPSA) is 102 Å². The van der Waals surface area contributed by atoms with E-state index in [9.17, 15) is 30.4 Å². The number of imidazole rings is 1. The monoisotopic (exact) mass is 487 g/mol. The minimum Gasteiger partial charge on any atom is -0.381 e. The van der Waals surface area contributed by atoms with Crippen LogP contribution in [-0.4, -0.2) is 34.8 Å². The molecule has 0 radical (unpaired) electrons. The lowest BCUT2D eigenvalue weighted by Gasteiger charge is -2.69. The summed E-state index contributed by atoms with van der Waals surface area (Å²) in [6.45, 7) is 1.67. The summed E-state index contributed by atoms with van der Waals surface area (Å²) in [6.07, 6.45) is -4.97. The molecule has 6 rings (SSSR count). The maximum Gasteiger partial charge on any atom is 0.434 e. The van der Waals surface area contributed by atoms with E-state index in [1.807, 2.05) is 0 Å². The molecule has 3 aliphatic rings. The fourth-order valence-corrected chi connectivity index (χ4v) is 6.37. The summed E-state index contributed by atoms with van der Waals surface area (Å²) in [5.74, 6) is -0.421. The molecule has 3 N–H and O–H groups in total.